The number of ether oxygens (including phenoxy) is 2. The highest BCUT2D eigenvalue weighted by Gasteiger charge is 2.34. The van der Waals surface area contributed by atoms with E-state index in [1.54, 1.807) is 0 Å². The standard InChI is InChI=1S/C14H27IO2/c1-3-5-13-6-8-14(12-15,9-7-13)17-11-10-16-4-2/h13H,3-12H2,1-2H3. The van der Waals surface area contributed by atoms with Gasteiger partial charge in [0.05, 0.1) is 18.8 Å². The van der Waals surface area contributed by atoms with Crippen LogP contribution >= 0.6 is 22.6 Å². The molecule has 1 rings (SSSR count). The minimum atomic E-state index is 0.155. The van der Waals surface area contributed by atoms with Crippen LogP contribution in [0.25, 0.3) is 0 Å². The lowest BCUT2D eigenvalue weighted by molar-refractivity contribution is -0.0772. The molecule has 17 heavy (non-hydrogen) atoms. The molecule has 0 radical (unpaired) electrons. The van der Waals surface area contributed by atoms with Gasteiger partial charge in [-0.25, -0.2) is 0 Å². The van der Waals surface area contributed by atoms with Crippen molar-refractivity contribution in [3.8, 4) is 0 Å². The SMILES string of the molecule is CCCC1CCC(CI)(OCCOCC)CC1. The molecule has 0 aromatic carbocycles. The summed E-state index contributed by atoms with van der Waals surface area (Å²) < 4.78 is 12.6. The summed E-state index contributed by atoms with van der Waals surface area (Å²) in [6.07, 6.45) is 7.92. The lowest BCUT2D eigenvalue weighted by Gasteiger charge is -2.39. The molecule has 0 atom stereocenters. The number of rotatable bonds is 8. The van der Waals surface area contributed by atoms with E-state index >= 15 is 0 Å². The molecule has 1 aliphatic rings. The van der Waals surface area contributed by atoms with E-state index in [1.165, 1.54) is 38.5 Å². The largest absolute Gasteiger partial charge is 0.379 e. The molecule has 102 valence electrons. The van der Waals surface area contributed by atoms with Gasteiger partial charge in [0.25, 0.3) is 0 Å². The van der Waals surface area contributed by atoms with Crippen molar-refractivity contribution in [3.05, 3.63) is 0 Å². The molecule has 0 aromatic heterocycles. The highest BCUT2D eigenvalue weighted by Crippen LogP contribution is 2.38. The Kier molecular flexibility index (Phi) is 8.04. The van der Waals surface area contributed by atoms with Crippen LogP contribution in [-0.4, -0.2) is 29.8 Å². The second-order valence-electron chi connectivity index (χ2n) is 5.09. The van der Waals surface area contributed by atoms with Crippen molar-refractivity contribution in [3.63, 3.8) is 0 Å². The van der Waals surface area contributed by atoms with Crippen LogP contribution in [0.1, 0.15) is 52.4 Å². The average molecular weight is 354 g/mol. The van der Waals surface area contributed by atoms with Gasteiger partial charge in [-0.3, -0.25) is 0 Å². The fourth-order valence-electron chi connectivity index (χ4n) is 2.68. The second kappa shape index (κ2) is 8.70. The van der Waals surface area contributed by atoms with Crippen LogP contribution in [-0.2, 0) is 9.47 Å². The summed E-state index contributed by atoms with van der Waals surface area (Å²) in [5.41, 5.74) is 0.155. The molecule has 0 amide bonds. The Morgan fingerprint density at radius 2 is 1.88 bits per heavy atom. The minimum Gasteiger partial charge on any atom is -0.379 e. The lowest BCUT2D eigenvalue weighted by atomic mass is 9.78. The van der Waals surface area contributed by atoms with E-state index in [4.69, 9.17) is 9.47 Å². The third kappa shape index (κ3) is 5.43. The summed E-state index contributed by atoms with van der Waals surface area (Å²) in [5, 5.41) is 0. The Bertz CT molecular complexity index is 183. The highest BCUT2D eigenvalue weighted by molar-refractivity contribution is 14.1. The molecule has 0 aliphatic heterocycles. The number of hydrogen-bond donors (Lipinski definition) is 0. The molecule has 1 fully saturated rings. The molecule has 0 saturated heterocycles. The van der Waals surface area contributed by atoms with Crippen LogP contribution < -0.4 is 0 Å². The maximum absolute atomic E-state index is 6.12. The van der Waals surface area contributed by atoms with Gasteiger partial charge in [-0.15, -0.1) is 0 Å². The fourth-order valence-corrected chi connectivity index (χ4v) is 3.66. The van der Waals surface area contributed by atoms with Crippen LogP contribution in [0.4, 0.5) is 0 Å². The predicted octanol–water partition coefficient (Wildman–Crippen LogP) is 4.20. The van der Waals surface area contributed by atoms with Crippen molar-refractivity contribution in [2.24, 2.45) is 5.92 Å². The maximum Gasteiger partial charge on any atom is 0.0772 e. The van der Waals surface area contributed by atoms with E-state index in [0.29, 0.717) is 0 Å². The predicted molar refractivity (Wildman–Crippen MR) is 80.9 cm³/mol. The van der Waals surface area contributed by atoms with Gasteiger partial charge in [-0.05, 0) is 38.5 Å². The maximum atomic E-state index is 6.12. The minimum absolute atomic E-state index is 0.155. The Morgan fingerprint density at radius 3 is 2.41 bits per heavy atom. The van der Waals surface area contributed by atoms with E-state index < -0.39 is 0 Å². The normalized spacial score (nSPS) is 29.5. The molecular formula is C14H27IO2. The quantitative estimate of drug-likeness (QED) is 0.369. The molecular weight excluding hydrogens is 327 g/mol. The zero-order chi connectivity index (χ0) is 12.6. The Hall–Kier alpha value is 0.650. The molecule has 2 nitrogen and oxygen atoms in total. The first-order valence-electron chi connectivity index (χ1n) is 7.04. The fraction of sp³-hybridized carbons (Fsp3) is 1.00. The van der Waals surface area contributed by atoms with Crippen molar-refractivity contribution < 1.29 is 9.47 Å². The number of alkyl halides is 1. The highest BCUT2D eigenvalue weighted by atomic mass is 127. The topological polar surface area (TPSA) is 18.5 Å². The summed E-state index contributed by atoms with van der Waals surface area (Å²) in [4.78, 5) is 0. The van der Waals surface area contributed by atoms with Crippen LogP contribution in [0.2, 0.25) is 0 Å². The third-order valence-corrected chi connectivity index (χ3v) is 5.19. The van der Waals surface area contributed by atoms with Crippen molar-refractivity contribution in [2.75, 3.05) is 24.2 Å². The van der Waals surface area contributed by atoms with Crippen molar-refractivity contribution in [1.29, 1.82) is 0 Å². The Labute approximate surface area is 120 Å². The Morgan fingerprint density at radius 1 is 1.18 bits per heavy atom. The van der Waals surface area contributed by atoms with E-state index in [9.17, 15) is 0 Å². The number of halogens is 1. The van der Waals surface area contributed by atoms with Gasteiger partial charge in [-0.2, -0.15) is 0 Å². The van der Waals surface area contributed by atoms with Crippen LogP contribution in [0, 0.1) is 5.92 Å². The molecule has 0 aromatic rings. The summed E-state index contributed by atoms with van der Waals surface area (Å²) in [6, 6.07) is 0. The molecule has 1 aliphatic carbocycles. The van der Waals surface area contributed by atoms with Crippen molar-refractivity contribution >= 4 is 22.6 Å². The monoisotopic (exact) mass is 354 g/mol. The molecule has 0 spiro atoms. The van der Waals surface area contributed by atoms with E-state index in [0.717, 1.165) is 30.2 Å². The van der Waals surface area contributed by atoms with Crippen molar-refractivity contribution in [1.82, 2.24) is 0 Å². The van der Waals surface area contributed by atoms with Crippen molar-refractivity contribution in [2.45, 2.75) is 58.0 Å². The first-order chi connectivity index (χ1) is 8.26. The summed E-state index contributed by atoms with van der Waals surface area (Å²) >= 11 is 2.48. The van der Waals surface area contributed by atoms with Gasteiger partial charge < -0.3 is 9.47 Å². The van der Waals surface area contributed by atoms with Gasteiger partial charge in [0.15, 0.2) is 0 Å². The van der Waals surface area contributed by atoms with Gasteiger partial charge in [0.1, 0.15) is 0 Å². The van der Waals surface area contributed by atoms with Crippen LogP contribution in [0.5, 0.6) is 0 Å². The molecule has 1 saturated carbocycles. The average Bonchev–Trinajstić information content (AvgIpc) is 2.37. The van der Waals surface area contributed by atoms with E-state index in [2.05, 4.69) is 29.5 Å². The molecule has 0 unspecified atom stereocenters. The zero-order valence-corrected chi connectivity index (χ0v) is 13.5. The van der Waals surface area contributed by atoms with Gasteiger partial charge in [0.2, 0.25) is 0 Å². The number of hydrogen-bond acceptors (Lipinski definition) is 2. The first-order valence-corrected chi connectivity index (χ1v) is 8.56. The molecule has 0 N–H and O–H groups in total. The van der Waals surface area contributed by atoms with Crippen LogP contribution in [0.15, 0.2) is 0 Å². The zero-order valence-electron chi connectivity index (χ0n) is 11.3. The third-order valence-electron chi connectivity index (χ3n) is 3.80. The lowest BCUT2D eigenvalue weighted by Crippen LogP contribution is -2.39. The summed E-state index contributed by atoms with van der Waals surface area (Å²) in [6.45, 7) is 6.62. The molecule has 3 heteroatoms. The smallest absolute Gasteiger partial charge is 0.0772 e. The molecule has 0 heterocycles. The second-order valence-corrected chi connectivity index (χ2v) is 5.86. The van der Waals surface area contributed by atoms with E-state index in [1.807, 2.05) is 6.92 Å². The van der Waals surface area contributed by atoms with Gasteiger partial charge in [-0.1, -0.05) is 42.4 Å². The molecule has 0 bridgehead atoms. The Balaban J connectivity index is 2.28. The van der Waals surface area contributed by atoms with Gasteiger partial charge in [0, 0.05) is 11.0 Å². The van der Waals surface area contributed by atoms with E-state index in [-0.39, 0.29) is 5.60 Å². The van der Waals surface area contributed by atoms with Gasteiger partial charge >= 0.3 is 0 Å². The summed E-state index contributed by atoms with van der Waals surface area (Å²) in [7, 11) is 0. The van der Waals surface area contributed by atoms with Crippen LogP contribution in [0.3, 0.4) is 0 Å². The summed E-state index contributed by atoms with van der Waals surface area (Å²) in [5.74, 6) is 0.951. The first kappa shape index (κ1) is 15.7.